The highest BCUT2D eigenvalue weighted by Crippen LogP contribution is 2.30. The van der Waals surface area contributed by atoms with Crippen molar-refractivity contribution in [1.82, 2.24) is 10.2 Å². The number of nitrogens with zero attached hydrogens (tertiary/aromatic N) is 1. The number of ether oxygens (including phenoxy) is 3. The Labute approximate surface area is 185 Å². The minimum atomic E-state index is -0.118. The van der Waals surface area contributed by atoms with Gasteiger partial charge < -0.3 is 24.4 Å². The maximum absolute atomic E-state index is 12.5. The Kier molecular flexibility index (Phi) is 8.59. The van der Waals surface area contributed by atoms with Crippen LogP contribution in [0.5, 0.6) is 17.2 Å². The van der Waals surface area contributed by atoms with Gasteiger partial charge in [0.05, 0.1) is 13.7 Å². The fraction of sp³-hybridized carbons (Fsp3) is 0.480. The molecule has 31 heavy (non-hydrogen) atoms. The summed E-state index contributed by atoms with van der Waals surface area (Å²) in [6.07, 6.45) is 2.52. The standard InChI is InChI=1S/C25H34N2O4/c1-4-27(5-2)14-15-30-23-13-8-20(16-24(23)29-3)17-26-25(28)21-9-11-22(12-10-21)31-18-19-6-7-19/h8-13,16,19H,4-7,14-15,17-18H2,1-3H3,(H,26,28). The van der Waals surface area contributed by atoms with Gasteiger partial charge in [0.1, 0.15) is 12.4 Å². The Bertz CT molecular complexity index is 830. The maximum atomic E-state index is 12.5. The zero-order chi connectivity index (χ0) is 22.1. The molecule has 6 heteroatoms. The highest BCUT2D eigenvalue weighted by atomic mass is 16.5. The molecule has 0 aliphatic heterocycles. The fourth-order valence-electron chi connectivity index (χ4n) is 3.25. The number of methoxy groups -OCH3 is 1. The van der Waals surface area contributed by atoms with Gasteiger partial charge in [0.25, 0.3) is 5.91 Å². The van der Waals surface area contributed by atoms with Crippen LogP contribution in [0.2, 0.25) is 0 Å². The number of likely N-dealkylation sites (N-methyl/N-ethyl adjacent to an activating group) is 1. The van der Waals surface area contributed by atoms with E-state index >= 15 is 0 Å². The Morgan fingerprint density at radius 3 is 2.42 bits per heavy atom. The summed E-state index contributed by atoms with van der Waals surface area (Å²) in [6.45, 7) is 8.96. The summed E-state index contributed by atoms with van der Waals surface area (Å²) in [6, 6.07) is 13.0. The second-order valence-electron chi connectivity index (χ2n) is 7.82. The average molecular weight is 427 g/mol. The van der Waals surface area contributed by atoms with E-state index in [2.05, 4.69) is 24.1 Å². The van der Waals surface area contributed by atoms with Gasteiger partial charge >= 0.3 is 0 Å². The first-order valence-electron chi connectivity index (χ1n) is 11.2. The lowest BCUT2D eigenvalue weighted by molar-refractivity contribution is 0.0951. The van der Waals surface area contributed by atoms with E-state index in [1.807, 2.05) is 30.3 Å². The molecular weight excluding hydrogens is 392 g/mol. The summed E-state index contributed by atoms with van der Waals surface area (Å²) in [4.78, 5) is 14.8. The van der Waals surface area contributed by atoms with E-state index in [0.717, 1.165) is 37.6 Å². The van der Waals surface area contributed by atoms with Crippen molar-refractivity contribution in [3.63, 3.8) is 0 Å². The summed E-state index contributed by atoms with van der Waals surface area (Å²) in [5, 5.41) is 2.96. The van der Waals surface area contributed by atoms with Crippen molar-refractivity contribution in [3.8, 4) is 17.2 Å². The Morgan fingerprint density at radius 1 is 1.03 bits per heavy atom. The number of rotatable bonds is 13. The molecule has 0 aromatic heterocycles. The molecule has 1 amide bonds. The number of benzene rings is 2. The molecule has 0 unspecified atom stereocenters. The van der Waals surface area contributed by atoms with E-state index in [0.29, 0.717) is 36.1 Å². The molecule has 3 rings (SSSR count). The van der Waals surface area contributed by atoms with Gasteiger partial charge in [0.15, 0.2) is 11.5 Å². The van der Waals surface area contributed by atoms with Gasteiger partial charge in [-0.25, -0.2) is 0 Å². The van der Waals surface area contributed by atoms with Crippen LogP contribution in [0.25, 0.3) is 0 Å². The minimum absolute atomic E-state index is 0.118. The highest BCUT2D eigenvalue weighted by molar-refractivity contribution is 5.94. The van der Waals surface area contributed by atoms with Crippen molar-refractivity contribution in [2.75, 3.05) is 40.0 Å². The smallest absolute Gasteiger partial charge is 0.251 e. The summed E-state index contributed by atoms with van der Waals surface area (Å²) in [5.74, 6) is 2.78. The Balaban J connectivity index is 1.49. The normalized spacial score (nSPS) is 13.2. The second-order valence-corrected chi connectivity index (χ2v) is 7.82. The van der Waals surface area contributed by atoms with Crippen LogP contribution < -0.4 is 19.5 Å². The van der Waals surface area contributed by atoms with E-state index in [1.54, 1.807) is 19.2 Å². The fourth-order valence-corrected chi connectivity index (χ4v) is 3.25. The van der Waals surface area contributed by atoms with E-state index in [4.69, 9.17) is 14.2 Å². The van der Waals surface area contributed by atoms with Crippen LogP contribution in [0.4, 0.5) is 0 Å². The topological polar surface area (TPSA) is 60.0 Å². The summed E-state index contributed by atoms with van der Waals surface area (Å²) in [5.41, 5.74) is 1.56. The van der Waals surface area contributed by atoms with E-state index < -0.39 is 0 Å². The summed E-state index contributed by atoms with van der Waals surface area (Å²) >= 11 is 0. The molecule has 0 saturated heterocycles. The van der Waals surface area contributed by atoms with Gasteiger partial charge in [-0.05, 0) is 73.8 Å². The van der Waals surface area contributed by atoms with E-state index in [-0.39, 0.29) is 5.91 Å². The molecule has 0 spiro atoms. The van der Waals surface area contributed by atoms with Gasteiger partial charge in [0, 0.05) is 18.7 Å². The predicted octanol–water partition coefficient (Wildman–Crippen LogP) is 4.13. The molecule has 1 N–H and O–H groups in total. The van der Waals surface area contributed by atoms with Gasteiger partial charge in [-0.15, -0.1) is 0 Å². The van der Waals surface area contributed by atoms with Crippen LogP contribution in [-0.2, 0) is 6.54 Å². The quantitative estimate of drug-likeness (QED) is 0.522. The van der Waals surface area contributed by atoms with Crippen molar-refractivity contribution in [3.05, 3.63) is 53.6 Å². The number of carbonyl (C=O) groups is 1. The molecule has 1 saturated carbocycles. The molecule has 0 bridgehead atoms. The maximum Gasteiger partial charge on any atom is 0.251 e. The van der Waals surface area contributed by atoms with Crippen molar-refractivity contribution in [2.24, 2.45) is 5.92 Å². The van der Waals surface area contributed by atoms with Gasteiger partial charge in [-0.2, -0.15) is 0 Å². The van der Waals surface area contributed by atoms with Crippen molar-refractivity contribution >= 4 is 5.91 Å². The van der Waals surface area contributed by atoms with Gasteiger partial charge in [-0.3, -0.25) is 4.79 Å². The third-order valence-electron chi connectivity index (χ3n) is 5.54. The minimum Gasteiger partial charge on any atom is -0.493 e. The average Bonchev–Trinajstić information content (AvgIpc) is 3.64. The third-order valence-corrected chi connectivity index (χ3v) is 5.54. The lowest BCUT2D eigenvalue weighted by Crippen LogP contribution is -2.28. The molecule has 1 fully saturated rings. The SMILES string of the molecule is CCN(CC)CCOc1ccc(CNC(=O)c2ccc(OCC3CC3)cc2)cc1OC. The number of amides is 1. The number of hydrogen-bond acceptors (Lipinski definition) is 5. The first-order valence-corrected chi connectivity index (χ1v) is 11.2. The Morgan fingerprint density at radius 2 is 1.77 bits per heavy atom. The lowest BCUT2D eigenvalue weighted by Gasteiger charge is -2.19. The monoisotopic (exact) mass is 426 g/mol. The first kappa shape index (κ1) is 22.9. The zero-order valence-electron chi connectivity index (χ0n) is 18.9. The van der Waals surface area contributed by atoms with Crippen LogP contribution in [0.1, 0.15) is 42.6 Å². The molecule has 2 aromatic rings. The molecule has 0 heterocycles. The van der Waals surface area contributed by atoms with Crippen molar-refractivity contribution in [1.29, 1.82) is 0 Å². The summed E-state index contributed by atoms with van der Waals surface area (Å²) < 4.78 is 17.1. The van der Waals surface area contributed by atoms with E-state index in [1.165, 1.54) is 12.8 Å². The number of hydrogen-bond donors (Lipinski definition) is 1. The summed E-state index contributed by atoms with van der Waals surface area (Å²) in [7, 11) is 1.63. The molecule has 6 nitrogen and oxygen atoms in total. The van der Waals surface area contributed by atoms with Crippen LogP contribution in [-0.4, -0.2) is 50.8 Å². The largest absolute Gasteiger partial charge is 0.493 e. The lowest BCUT2D eigenvalue weighted by atomic mass is 10.1. The van der Waals surface area contributed by atoms with Gasteiger partial charge in [0.2, 0.25) is 0 Å². The second kappa shape index (κ2) is 11.6. The molecule has 1 aliphatic carbocycles. The van der Waals surface area contributed by atoms with Crippen molar-refractivity contribution in [2.45, 2.75) is 33.2 Å². The molecule has 0 atom stereocenters. The van der Waals surface area contributed by atoms with E-state index in [9.17, 15) is 4.79 Å². The first-order chi connectivity index (χ1) is 15.1. The molecule has 168 valence electrons. The third kappa shape index (κ3) is 7.17. The highest BCUT2D eigenvalue weighted by Gasteiger charge is 2.21. The van der Waals surface area contributed by atoms with Gasteiger partial charge in [-0.1, -0.05) is 19.9 Å². The molecular formula is C25H34N2O4. The molecule has 1 aliphatic rings. The number of nitrogens with one attached hydrogen (secondary N) is 1. The van der Waals surface area contributed by atoms with Crippen LogP contribution >= 0.6 is 0 Å². The molecule has 2 aromatic carbocycles. The predicted molar refractivity (Wildman–Crippen MR) is 122 cm³/mol. The zero-order valence-corrected chi connectivity index (χ0v) is 18.9. The Hall–Kier alpha value is -2.73. The van der Waals surface area contributed by atoms with Crippen LogP contribution in [0, 0.1) is 5.92 Å². The number of carbonyl (C=O) groups excluding carboxylic acids is 1. The van der Waals surface area contributed by atoms with Crippen molar-refractivity contribution < 1.29 is 19.0 Å². The van der Waals surface area contributed by atoms with Crippen LogP contribution in [0.3, 0.4) is 0 Å². The van der Waals surface area contributed by atoms with Crippen LogP contribution in [0.15, 0.2) is 42.5 Å². The molecule has 0 radical (unpaired) electrons.